The average molecular weight is 260 g/mol. The van der Waals surface area contributed by atoms with Crippen molar-refractivity contribution in [2.24, 2.45) is 5.73 Å². The summed E-state index contributed by atoms with van der Waals surface area (Å²) in [6.07, 6.45) is 11.3. The minimum Gasteiger partial charge on any atom is -0.490 e. The first-order valence-electron chi connectivity index (χ1n) is 6.27. The van der Waals surface area contributed by atoms with Crippen molar-refractivity contribution in [3.8, 4) is 5.75 Å². The second-order valence-corrected chi connectivity index (χ2v) is 4.44. The number of hydrogen-bond acceptors (Lipinski definition) is 3. The summed E-state index contributed by atoms with van der Waals surface area (Å²) in [7, 11) is 0. The molecule has 1 heterocycles. The van der Waals surface area contributed by atoms with Crippen LogP contribution in [0.4, 0.5) is 0 Å². The van der Waals surface area contributed by atoms with Crippen LogP contribution in [0.1, 0.15) is 44.6 Å². The first-order chi connectivity index (χ1) is 7.90. The third-order valence-corrected chi connectivity index (χ3v) is 3.14. The van der Waals surface area contributed by atoms with Crippen molar-refractivity contribution in [2.45, 2.75) is 44.6 Å². The van der Waals surface area contributed by atoms with Gasteiger partial charge < -0.3 is 10.5 Å². The van der Waals surface area contributed by atoms with E-state index in [1.807, 2.05) is 12.4 Å². The zero-order valence-electron chi connectivity index (χ0n) is 10.2. The Morgan fingerprint density at radius 2 is 2.12 bits per heavy atom. The number of nitrogens with two attached hydrogens (primary N) is 1. The number of halogens is 1. The van der Waals surface area contributed by atoms with E-state index in [0.29, 0.717) is 19.2 Å². The molecule has 1 saturated carbocycles. The van der Waals surface area contributed by atoms with Gasteiger partial charge in [-0.2, -0.15) is 5.10 Å². The highest BCUT2D eigenvalue weighted by Gasteiger charge is 2.16. The summed E-state index contributed by atoms with van der Waals surface area (Å²) in [4.78, 5) is 0. The summed E-state index contributed by atoms with van der Waals surface area (Å²) in [5.74, 6) is 0.874. The van der Waals surface area contributed by atoms with Gasteiger partial charge in [0.2, 0.25) is 0 Å². The number of nitrogens with zero attached hydrogens (tertiary/aromatic N) is 2. The van der Waals surface area contributed by atoms with Crippen LogP contribution in [-0.4, -0.2) is 22.9 Å². The number of aromatic nitrogens is 2. The lowest BCUT2D eigenvalue weighted by Gasteiger charge is -2.21. The molecule has 0 aliphatic heterocycles. The van der Waals surface area contributed by atoms with Gasteiger partial charge in [0, 0.05) is 0 Å². The van der Waals surface area contributed by atoms with Crippen molar-refractivity contribution in [3.05, 3.63) is 12.4 Å². The van der Waals surface area contributed by atoms with Crippen molar-refractivity contribution in [1.82, 2.24) is 9.78 Å². The maximum Gasteiger partial charge on any atom is 0.157 e. The van der Waals surface area contributed by atoms with Crippen molar-refractivity contribution in [1.29, 1.82) is 0 Å². The molecule has 1 aromatic heterocycles. The molecule has 2 rings (SSSR count). The molecular weight excluding hydrogens is 238 g/mol. The lowest BCUT2D eigenvalue weighted by Crippen LogP contribution is -2.12. The second-order valence-electron chi connectivity index (χ2n) is 4.44. The van der Waals surface area contributed by atoms with Crippen LogP contribution in [0.2, 0.25) is 0 Å². The standard InChI is InChI=1S/C12H21N3O.ClH/c13-7-4-8-16-12-9-14-15(10-12)11-5-2-1-3-6-11;/h9-11H,1-8,13H2;1H. The van der Waals surface area contributed by atoms with Gasteiger partial charge in [-0.05, 0) is 25.8 Å². The Morgan fingerprint density at radius 3 is 2.82 bits per heavy atom. The first-order valence-corrected chi connectivity index (χ1v) is 6.27. The summed E-state index contributed by atoms with van der Waals surface area (Å²) in [6.45, 7) is 1.36. The highest BCUT2D eigenvalue weighted by atomic mass is 35.5. The molecule has 0 aromatic carbocycles. The summed E-state index contributed by atoms with van der Waals surface area (Å²) in [5, 5.41) is 4.38. The van der Waals surface area contributed by atoms with Crippen LogP contribution in [-0.2, 0) is 0 Å². The van der Waals surface area contributed by atoms with Crippen LogP contribution >= 0.6 is 12.4 Å². The molecule has 17 heavy (non-hydrogen) atoms. The number of hydrogen-bond donors (Lipinski definition) is 1. The van der Waals surface area contributed by atoms with Gasteiger partial charge in [-0.1, -0.05) is 19.3 Å². The molecule has 0 bridgehead atoms. The monoisotopic (exact) mass is 259 g/mol. The van der Waals surface area contributed by atoms with Gasteiger partial charge in [0.15, 0.2) is 5.75 Å². The van der Waals surface area contributed by atoms with Crippen molar-refractivity contribution < 1.29 is 4.74 Å². The molecule has 0 spiro atoms. The Bertz CT molecular complexity index is 310. The molecule has 98 valence electrons. The number of ether oxygens (including phenoxy) is 1. The highest BCUT2D eigenvalue weighted by Crippen LogP contribution is 2.28. The second kappa shape index (κ2) is 7.56. The normalized spacial score (nSPS) is 16.5. The fraction of sp³-hybridized carbons (Fsp3) is 0.750. The lowest BCUT2D eigenvalue weighted by atomic mass is 9.96. The van der Waals surface area contributed by atoms with E-state index in [1.165, 1.54) is 32.1 Å². The Kier molecular flexibility index (Phi) is 6.37. The summed E-state index contributed by atoms with van der Waals surface area (Å²) >= 11 is 0. The van der Waals surface area contributed by atoms with E-state index in [4.69, 9.17) is 10.5 Å². The fourth-order valence-corrected chi connectivity index (χ4v) is 2.21. The summed E-state index contributed by atoms with van der Waals surface area (Å²) in [5.41, 5.74) is 5.41. The highest BCUT2D eigenvalue weighted by molar-refractivity contribution is 5.85. The molecule has 0 saturated heterocycles. The third-order valence-electron chi connectivity index (χ3n) is 3.14. The Morgan fingerprint density at radius 1 is 1.35 bits per heavy atom. The average Bonchev–Trinajstić information content (AvgIpc) is 2.79. The molecule has 1 aliphatic carbocycles. The van der Waals surface area contributed by atoms with E-state index in [9.17, 15) is 0 Å². The van der Waals surface area contributed by atoms with Gasteiger partial charge in [-0.25, -0.2) is 0 Å². The minimum atomic E-state index is 0. The van der Waals surface area contributed by atoms with Crippen molar-refractivity contribution in [2.75, 3.05) is 13.2 Å². The smallest absolute Gasteiger partial charge is 0.157 e. The van der Waals surface area contributed by atoms with Crippen LogP contribution in [0.25, 0.3) is 0 Å². The van der Waals surface area contributed by atoms with Crippen LogP contribution < -0.4 is 10.5 Å². The SMILES string of the molecule is Cl.NCCCOc1cnn(C2CCCCC2)c1. The van der Waals surface area contributed by atoms with Crippen LogP contribution in [0.3, 0.4) is 0 Å². The molecule has 0 unspecified atom stereocenters. The lowest BCUT2D eigenvalue weighted by molar-refractivity contribution is 0.307. The predicted octanol–water partition coefficient (Wildman–Crippen LogP) is 2.54. The quantitative estimate of drug-likeness (QED) is 0.827. The molecular formula is C12H22ClN3O. The van der Waals surface area contributed by atoms with Crippen LogP contribution in [0, 0.1) is 0 Å². The van der Waals surface area contributed by atoms with E-state index in [1.54, 1.807) is 0 Å². The zero-order chi connectivity index (χ0) is 11.2. The molecule has 4 nitrogen and oxygen atoms in total. The van der Waals surface area contributed by atoms with E-state index < -0.39 is 0 Å². The minimum absolute atomic E-state index is 0. The third kappa shape index (κ3) is 4.21. The van der Waals surface area contributed by atoms with E-state index >= 15 is 0 Å². The molecule has 0 amide bonds. The Hall–Kier alpha value is -0.740. The topological polar surface area (TPSA) is 53.1 Å². The maximum atomic E-state index is 5.55. The summed E-state index contributed by atoms with van der Waals surface area (Å²) in [6, 6.07) is 0.584. The van der Waals surface area contributed by atoms with E-state index in [0.717, 1.165) is 12.2 Å². The zero-order valence-corrected chi connectivity index (χ0v) is 11.0. The van der Waals surface area contributed by atoms with E-state index in [2.05, 4.69) is 9.78 Å². The van der Waals surface area contributed by atoms with Gasteiger partial charge in [0.1, 0.15) is 0 Å². The summed E-state index contributed by atoms with van der Waals surface area (Å²) < 4.78 is 7.62. The molecule has 1 aromatic rings. The number of rotatable bonds is 5. The Labute approximate surface area is 109 Å². The van der Waals surface area contributed by atoms with Crippen molar-refractivity contribution in [3.63, 3.8) is 0 Å². The first kappa shape index (κ1) is 14.3. The van der Waals surface area contributed by atoms with Gasteiger partial charge in [0.05, 0.1) is 25.0 Å². The molecule has 1 fully saturated rings. The van der Waals surface area contributed by atoms with Crippen molar-refractivity contribution >= 4 is 12.4 Å². The van der Waals surface area contributed by atoms with E-state index in [-0.39, 0.29) is 12.4 Å². The predicted molar refractivity (Wildman–Crippen MR) is 70.8 cm³/mol. The Balaban J connectivity index is 0.00000144. The van der Waals surface area contributed by atoms with Gasteiger partial charge >= 0.3 is 0 Å². The molecule has 2 N–H and O–H groups in total. The van der Waals surface area contributed by atoms with Crippen LogP contribution in [0.5, 0.6) is 5.75 Å². The molecule has 0 radical (unpaired) electrons. The maximum absolute atomic E-state index is 5.55. The van der Waals surface area contributed by atoms with Crippen LogP contribution in [0.15, 0.2) is 12.4 Å². The largest absolute Gasteiger partial charge is 0.490 e. The fourth-order valence-electron chi connectivity index (χ4n) is 2.21. The van der Waals surface area contributed by atoms with Gasteiger partial charge in [-0.3, -0.25) is 4.68 Å². The molecule has 5 heteroatoms. The molecule has 0 atom stereocenters. The van der Waals surface area contributed by atoms with Gasteiger partial charge in [0.25, 0.3) is 0 Å². The molecule has 1 aliphatic rings. The van der Waals surface area contributed by atoms with Gasteiger partial charge in [-0.15, -0.1) is 12.4 Å².